The summed E-state index contributed by atoms with van der Waals surface area (Å²) in [5, 5.41) is 9.19. The van der Waals surface area contributed by atoms with Gasteiger partial charge in [0, 0.05) is 6.42 Å². The number of aryl methyl sites for hydroxylation is 1. The van der Waals surface area contributed by atoms with Crippen LogP contribution in [0.25, 0.3) is 0 Å². The number of hydrogen-bond donors (Lipinski definition) is 0. The van der Waals surface area contributed by atoms with Gasteiger partial charge in [-0.1, -0.05) is 12.1 Å². The Labute approximate surface area is 87.3 Å². The SMILES string of the molecule is Cc1ccc(C2(C#N)C[C@]23CO3)cc1F. The van der Waals surface area contributed by atoms with Crippen molar-refractivity contribution < 1.29 is 9.13 Å². The van der Waals surface area contributed by atoms with Crippen LogP contribution in [0, 0.1) is 24.1 Å². The minimum absolute atomic E-state index is 0.246. The lowest BCUT2D eigenvalue weighted by Crippen LogP contribution is -2.11. The Morgan fingerprint density at radius 3 is 2.73 bits per heavy atom. The quantitative estimate of drug-likeness (QED) is 0.655. The zero-order valence-corrected chi connectivity index (χ0v) is 8.38. The van der Waals surface area contributed by atoms with Crippen LogP contribution in [-0.4, -0.2) is 12.2 Å². The fourth-order valence-electron chi connectivity index (χ4n) is 2.25. The van der Waals surface area contributed by atoms with Crippen LogP contribution in [0.15, 0.2) is 18.2 Å². The molecule has 2 aliphatic rings. The fourth-order valence-corrected chi connectivity index (χ4v) is 2.25. The smallest absolute Gasteiger partial charge is 0.126 e. The zero-order valence-electron chi connectivity index (χ0n) is 8.38. The summed E-state index contributed by atoms with van der Waals surface area (Å²) in [6.07, 6.45) is 0.707. The molecule has 0 radical (unpaired) electrons. The Hall–Kier alpha value is -1.40. The molecule has 2 fully saturated rings. The van der Waals surface area contributed by atoms with E-state index in [1.807, 2.05) is 6.07 Å². The van der Waals surface area contributed by atoms with E-state index in [0.29, 0.717) is 18.6 Å². The summed E-state index contributed by atoms with van der Waals surface area (Å²) >= 11 is 0. The summed E-state index contributed by atoms with van der Waals surface area (Å²) in [7, 11) is 0. The molecule has 15 heavy (non-hydrogen) atoms. The topological polar surface area (TPSA) is 36.3 Å². The Bertz CT molecular complexity index is 487. The van der Waals surface area contributed by atoms with E-state index in [0.717, 1.165) is 5.56 Å². The molecule has 0 aromatic heterocycles. The van der Waals surface area contributed by atoms with Gasteiger partial charge in [0.05, 0.1) is 12.7 Å². The molecule has 1 spiro atoms. The monoisotopic (exact) mass is 203 g/mol. The summed E-state index contributed by atoms with van der Waals surface area (Å²) in [5.41, 5.74) is 0.509. The molecule has 2 nitrogen and oxygen atoms in total. The van der Waals surface area contributed by atoms with Gasteiger partial charge in [0.25, 0.3) is 0 Å². The average molecular weight is 203 g/mol. The lowest BCUT2D eigenvalue weighted by Gasteiger charge is -2.07. The highest BCUT2D eigenvalue weighted by Crippen LogP contribution is 2.67. The highest BCUT2D eigenvalue weighted by molar-refractivity contribution is 5.51. The summed E-state index contributed by atoms with van der Waals surface area (Å²) in [6, 6.07) is 7.30. The van der Waals surface area contributed by atoms with Crippen LogP contribution in [0.1, 0.15) is 17.5 Å². The third-order valence-electron chi connectivity index (χ3n) is 3.55. The maximum Gasteiger partial charge on any atom is 0.126 e. The third kappa shape index (κ3) is 0.950. The number of ether oxygens (including phenoxy) is 1. The molecule has 1 saturated carbocycles. The number of epoxide rings is 1. The molecule has 3 heteroatoms. The first-order valence-corrected chi connectivity index (χ1v) is 4.95. The number of benzene rings is 1. The molecule has 3 rings (SSSR count). The number of hydrogen-bond acceptors (Lipinski definition) is 2. The summed E-state index contributed by atoms with van der Waals surface area (Å²) in [4.78, 5) is 0. The van der Waals surface area contributed by atoms with Gasteiger partial charge in [0.2, 0.25) is 0 Å². The standard InChI is InChI=1S/C12H10FNO/c1-8-2-3-9(4-10(8)13)11(6-14)5-12(11)7-15-12/h2-4H,5,7H2,1H3/t11?,12-/m0/s1. The van der Waals surface area contributed by atoms with Gasteiger partial charge in [-0.25, -0.2) is 4.39 Å². The molecular weight excluding hydrogens is 193 g/mol. The molecule has 0 bridgehead atoms. The van der Waals surface area contributed by atoms with Crippen molar-refractivity contribution in [1.29, 1.82) is 5.26 Å². The number of halogens is 1. The first kappa shape index (κ1) is 8.87. The zero-order chi connectivity index (χ0) is 10.7. The van der Waals surface area contributed by atoms with Crippen LogP contribution in [0.2, 0.25) is 0 Å². The Morgan fingerprint density at radius 2 is 2.27 bits per heavy atom. The van der Waals surface area contributed by atoms with Crippen molar-refractivity contribution in [3.63, 3.8) is 0 Å². The molecule has 0 N–H and O–H groups in total. The van der Waals surface area contributed by atoms with Crippen LogP contribution in [0.3, 0.4) is 0 Å². The van der Waals surface area contributed by atoms with Gasteiger partial charge in [0.1, 0.15) is 16.8 Å². The van der Waals surface area contributed by atoms with E-state index in [9.17, 15) is 9.65 Å². The minimum Gasteiger partial charge on any atom is -0.367 e. The van der Waals surface area contributed by atoms with Crippen molar-refractivity contribution in [3.8, 4) is 6.07 Å². The molecule has 76 valence electrons. The average Bonchev–Trinajstić information content (AvgIpc) is 3.12. The van der Waals surface area contributed by atoms with Crippen LogP contribution in [-0.2, 0) is 10.2 Å². The van der Waals surface area contributed by atoms with Crippen molar-refractivity contribution >= 4 is 0 Å². The summed E-state index contributed by atoms with van der Waals surface area (Å²) in [6.45, 7) is 2.35. The van der Waals surface area contributed by atoms with Gasteiger partial charge in [0.15, 0.2) is 0 Å². The third-order valence-corrected chi connectivity index (χ3v) is 3.55. The molecule has 1 heterocycles. The number of rotatable bonds is 1. The molecule has 1 aliphatic carbocycles. The molecule has 1 aromatic rings. The number of nitriles is 1. The van der Waals surface area contributed by atoms with Crippen LogP contribution >= 0.6 is 0 Å². The van der Waals surface area contributed by atoms with E-state index in [4.69, 9.17) is 4.74 Å². The molecule has 1 aromatic carbocycles. The molecule has 0 amide bonds. The highest BCUT2D eigenvalue weighted by Gasteiger charge is 2.78. The second kappa shape index (κ2) is 2.40. The van der Waals surface area contributed by atoms with E-state index in [1.165, 1.54) is 6.07 Å². The van der Waals surface area contributed by atoms with Gasteiger partial charge in [-0.2, -0.15) is 5.26 Å². The Kier molecular flexibility index (Phi) is 1.42. The maximum atomic E-state index is 13.4. The Morgan fingerprint density at radius 1 is 1.53 bits per heavy atom. The van der Waals surface area contributed by atoms with E-state index in [2.05, 4.69) is 6.07 Å². The Balaban J connectivity index is 2.07. The fraction of sp³-hybridized carbons (Fsp3) is 0.417. The van der Waals surface area contributed by atoms with Gasteiger partial charge in [-0.15, -0.1) is 0 Å². The summed E-state index contributed by atoms with van der Waals surface area (Å²) in [5.74, 6) is -0.246. The predicted molar refractivity (Wildman–Crippen MR) is 51.7 cm³/mol. The van der Waals surface area contributed by atoms with Crippen molar-refractivity contribution in [1.82, 2.24) is 0 Å². The summed E-state index contributed by atoms with van der Waals surface area (Å²) < 4.78 is 18.7. The van der Waals surface area contributed by atoms with E-state index in [-0.39, 0.29) is 11.4 Å². The van der Waals surface area contributed by atoms with E-state index in [1.54, 1.807) is 13.0 Å². The molecule has 1 unspecified atom stereocenters. The van der Waals surface area contributed by atoms with Crippen LogP contribution in [0.4, 0.5) is 4.39 Å². The van der Waals surface area contributed by atoms with Gasteiger partial charge in [-0.05, 0) is 24.1 Å². The first-order chi connectivity index (χ1) is 7.13. The number of nitrogens with zero attached hydrogens (tertiary/aromatic N) is 1. The van der Waals surface area contributed by atoms with E-state index >= 15 is 0 Å². The van der Waals surface area contributed by atoms with Crippen LogP contribution < -0.4 is 0 Å². The van der Waals surface area contributed by atoms with Gasteiger partial charge < -0.3 is 4.74 Å². The first-order valence-electron chi connectivity index (χ1n) is 4.95. The van der Waals surface area contributed by atoms with E-state index < -0.39 is 5.41 Å². The lowest BCUT2D eigenvalue weighted by atomic mass is 9.94. The van der Waals surface area contributed by atoms with Crippen molar-refractivity contribution in [2.24, 2.45) is 0 Å². The minimum atomic E-state index is -0.582. The van der Waals surface area contributed by atoms with Crippen LogP contribution in [0.5, 0.6) is 0 Å². The molecule has 1 aliphatic heterocycles. The largest absolute Gasteiger partial charge is 0.367 e. The maximum absolute atomic E-state index is 13.4. The molecule has 2 atom stereocenters. The second-order valence-electron chi connectivity index (χ2n) is 4.44. The van der Waals surface area contributed by atoms with Crippen molar-refractivity contribution in [2.45, 2.75) is 24.4 Å². The highest BCUT2D eigenvalue weighted by atomic mass is 19.1. The van der Waals surface area contributed by atoms with Gasteiger partial charge >= 0.3 is 0 Å². The second-order valence-corrected chi connectivity index (χ2v) is 4.44. The van der Waals surface area contributed by atoms with Crippen molar-refractivity contribution in [2.75, 3.05) is 6.61 Å². The van der Waals surface area contributed by atoms with Crippen molar-refractivity contribution in [3.05, 3.63) is 35.1 Å². The molecular formula is C12H10FNO. The predicted octanol–water partition coefficient (Wildman–Crippen LogP) is 2.07. The molecule has 1 saturated heterocycles. The van der Waals surface area contributed by atoms with Gasteiger partial charge in [-0.3, -0.25) is 0 Å². The lowest BCUT2D eigenvalue weighted by molar-refractivity contribution is 0.382. The normalized spacial score (nSPS) is 36.3.